The van der Waals surface area contributed by atoms with Crippen LogP contribution in [0.5, 0.6) is 0 Å². The molecular weight excluding hydrogens is 264 g/mol. The van der Waals surface area contributed by atoms with E-state index in [2.05, 4.69) is 36.6 Å². The van der Waals surface area contributed by atoms with E-state index in [-0.39, 0.29) is 0 Å². The van der Waals surface area contributed by atoms with Crippen LogP contribution < -0.4 is 0 Å². The van der Waals surface area contributed by atoms with Crippen molar-refractivity contribution < 1.29 is 5.11 Å². The molecule has 0 aliphatic heterocycles. The van der Waals surface area contributed by atoms with Crippen LogP contribution >= 0.6 is 11.3 Å². The maximum Gasteiger partial charge on any atom is 0.0910 e. The zero-order chi connectivity index (χ0) is 14.0. The van der Waals surface area contributed by atoms with Gasteiger partial charge in [0.2, 0.25) is 0 Å². The number of rotatable bonds is 3. The van der Waals surface area contributed by atoms with E-state index in [1.54, 1.807) is 11.3 Å². The summed E-state index contributed by atoms with van der Waals surface area (Å²) in [5.41, 5.74) is 0.564. The van der Waals surface area contributed by atoms with Gasteiger partial charge in [-0.3, -0.25) is 0 Å². The summed E-state index contributed by atoms with van der Waals surface area (Å²) in [5, 5.41) is 14.6. The third kappa shape index (κ3) is 2.64. The Labute approximate surface area is 125 Å². The molecule has 1 aromatic carbocycles. The number of benzene rings is 1. The summed E-state index contributed by atoms with van der Waals surface area (Å²) in [4.78, 5) is 0. The molecule has 2 unspecified atom stereocenters. The van der Waals surface area contributed by atoms with E-state index >= 15 is 0 Å². The van der Waals surface area contributed by atoms with Crippen LogP contribution in [0.2, 0.25) is 0 Å². The molecule has 1 aromatic heterocycles. The van der Waals surface area contributed by atoms with Crippen LogP contribution in [0, 0.1) is 5.92 Å². The molecule has 1 aliphatic rings. The normalized spacial score (nSPS) is 27.6. The number of thiophene rings is 1. The molecule has 2 aromatic rings. The summed E-state index contributed by atoms with van der Waals surface area (Å²) in [7, 11) is 0. The Hall–Kier alpha value is -0.860. The number of hydrogen-bond acceptors (Lipinski definition) is 2. The van der Waals surface area contributed by atoms with Gasteiger partial charge in [-0.1, -0.05) is 44.4 Å². The Balaban J connectivity index is 1.90. The second-order valence-corrected chi connectivity index (χ2v) is 7.18. The first-order valence-electron chi connectivity index (χ1n) is 7.92. The van der Waals surface area contributed by atoms with Crippen molar-refractivity contribution in [1.29, 1.82) is 0 Å². The molecule has 0 bridgehead atoms. The minimum Gasteiger partial charge on any atom is -0.385 e. The highest BCUT2D eigenvalue weighted by Crippen LogP contribution is 2.42. The van der Waals surface area contributed by atoms with E-state index in [4.69, 9.17) is 0 Å². The van der Waals surface area contributed by atoms with Crippen LogP contribution in [0.15, 0.2) is 29.6 Å². The molecule has 0 spiro atoms. The summed E-state index contributed by atoms with van der Waals surface area (Å²) in [6, 6.07) is 8.54. The van der Waals surface area contributed by atoms with Crippen LogP contribution in [0.3, 0.4) is 0 Å². The van der Waals surface area contributed by atoms with Crippen LogP contribution in [0.1, 0.15) is 57.4 Å². The van der Waals surface area contributed by atoms with Crippen molar-refractivity contribution >= 4 is 21.4 Å². The minimum atomic E-state index is -0.604. The van der Waals surface area contributed by atoms with Crippen LogP contribution in [-0.2, 0) is 5.60 Å². The van der Waals surface area contributed by atoms with Crippen molar-refractivity contribution in [1.82, 2.24) is 0 Å². The fraction of sp³-hybridized carbons (Fsp3) is 0.556. The summed E-state index contributed by atoms with van der Waals surface area (Å²) in [6.07, 6.45) is 8.05. The molecule has 1 nitrogen and oxygen atoms in total. The summed E-state index contributed by atoms with van der Waals surface area (Å²) in [5.74, 6) is 0.816. The molecule has 1 heterocycles. The fourth-order valence-electron chi connectivity index (χ4n) is 3.72. The van der Waals surface area contributed by atoms with E-state index in [1.165, 1.54) is 41.3 Å². The Morgan fingerprint density at radius 2 is 2.15 bits per heavy atom. The molecule has 0 amide bonds. The molecule has 1 saturated carbocycles. The van der Waals surface area contributed by atoms with Gasteiger partial charge in [-0.2, -0.15) is 0 Å². The number of aliphatic hydroxyl groups is 1. The minimum absolute atomic E-state index is 0.604. The van der Waals surface area contributed by atoms with Crippen LogP contribution in [-0.4, -0.2) is 5.11 Å². The highest BCUT2D eigenvalue weighted by molar-refractivity contribution is 7.17. The summed E-state index contributed by atoms with van der Waals surface area (Å²) in [6.45, 7) is 2.27. The first-order valence-corrected chi connectivity index (χ1v) is 8.80. The lowest BCUT2D eigenvalue weighted by atomic mass is 9.85. The van der Waals surface area contributed by atoms with Gasteiger partial charge in [0, 0.05) is 10.3 Å². The Morgan fingerprint density at radius 1 is 1.25 bits per heavy atom. The van der Waals surface area contributed by atoms with Crippen LogP contribution in [0.25, 0.3) is 10.1 Å². The lowest BCUT2D eigenvalue weighted by Crippen LogP contribution is -2.24. The molecule has 2 heteroatoms. The fourth-order valence-corrected chi connectivity index (χ4v) is 4.73. The van der Waals surface area contributed by atoms with Gasteiger partial charge in [0.25, 0.3) is 0 Å². The van der Waals surface area contributed by atoms with E-state index in [9.17, 15) is 5.11 Å². The van der Waals surface area contributed by atoms with Gasteiger partial charge < -0.3 is 5.11 Å². The molecule has 3 rings (SSSR count). The lowest BCUT2D eigenvalue weighted by molar-refractivity contribution is 0.0212. The van der Waals surface area contributed by atoms with E-state index in [1.807, 2.05) is 0 Å². The molecular formula is C18H24OS. The van der Waals surface area contributed by atoms with Crippen LogP contribution in [0.4, 0.5) is 0 Å². The molecule has 108 valence electrons. The predicted molar refractivity (Wildman–Crippen MR) is 87.2 cm³/mol. The van der Waals surface area contributed by atoms with Crippen molar-refractivity contribution in [3.05, 3.63) is 35.2 Å². The van der Waals surface area contributed by atoms with E-state index < -0.39 is 5.60 Å². The maximum absolute atomic E-state index is 11.2. The highest BCUT2D eigenvalue weighted by atomic mass is 32.1. The monoisotopic (exact) mass is 288 g/mol. The van der Waals surface area contributed by atoms with Crippen molar-refractivity contribution in [3.63, 3.8) is 0 Å². The van der Waals surface area contributed by atoms with Crippen molar-refractivity contribution in [2.45, 2.75) is 57.5 Å². The van der Waals surface area contributed by atoms with Gasteiger partial charge in [-0.15, -0.1) is 11.3 Å². The first kappa shape index (κ1) is 14.1. The smallest absolute Gasteiger partial charge is 0.0910 e. The lowest BCUT2D eigenvalue weighted by Gasteiger charge is -2.28. The van der Waals surface area contributed by atoms with Gasteiger partial charge in [0.05, 0.1) is 5.60 Å². The van der Waals surface area contributed by atoms with Crippen molar-refractivity contribution in [2.24, 2.45) is 5.92 Å². The predicted octanol–water partition coefficient (Wildman–Crippen LogP) is 5.47. The highest BCUT2D eigenvalue weighted by Gasteiger charge is 2.33. The quantitative estimate of drug-likeness (QED) is 0.743. The molecule has 20 heavy (non-hydrogen) atoms. The zero-order valence-corrected chi connectivity index (χ0v) is 13.1. The largest absolute Gasteiger partial charge is 0.385 e. The summed E-state index contributed by atoms with van der Waals surface area (Å²) >= 11 is 1.76. The van der Waals surface area contributed by atoms with E-state index in [0.717, 1.165) is 25.2 Å². The average molecular weight is 288 g/mol. The zero-order valence-electron chi connectivity index (χ0n) is 12.3. The number of hydrogen-bond donors (Lipinski definition) is 1. The van der Waals surface area contributed by atoms with Gasteiger partial charge in [-0.05, 0) is 48.4 Å². The molecule has 1 fully saturated rings. The second kappa shape index (κ2) is 5.87. The van der Waals surface area contributed by atoms with E-state index in [0.29, 0.717) is 0 Å². The molecule has 0 saturated heterocycles. The maximum atomic E-state index is 11.2. The SMILES string of the molecule is CCCC1CCCC(O)(c2cccc3ccsc23)CC1. The molecule has 2 atom stereocenters. The van der Waals surface area contributed by atoms with Crippen molar-refractivity contribution in [2.75, 3.05) is 0 Å². The first-order chi connectivity index (χ1) is 9.73. The number of fused-ring (bicyclic) bond motifs is 1. The van der Waals surface area contributed by atoms with Gasteiger partial charge in [0.15, 0.2) is 0 Å². The molecule has 1 aliphatic carbocycles. The van der Waals surface area contributed by atoms with Gasteiger partial charge >= 0.3 is 0 Å². The van der Waals surface area contributed by atoms with Gasteiger partial charge in [-0.25, -0.2) is 0 Å². The standard InChI is InChI=1S/C18H24OS/c1-2-5-14-6-4-11-18(19,12-9-14)16-8-3-7-15-10-13-20-17(15)16/h3,7-8,10,13-14,19H,2,4-6,9,11-12H2,1H3. The topological polar surface area (TPSA) is 20.2 Å². The average Bonchev–Trinajstić information content (AvgIpc) is 2.85. The Kier molecular flexibility index (Phi) is 4.13. The summed E-state index contributed by atoms with van der Waals surface area (Å²) < 4.78 is 1.28. The van der Waals surface area contributed by atoms with Crippen molar-refractivity contribution in [3.8, 4) is 0 Å². The Bertz CT molecular complexity index is 574. The molecule has 1 N–H and O–H groups in total. The second-order valence-electron chi connectivity index (χ2n) is 6.26. The third-order valence-corrected chi connectivity index (χ3v) is 5.81. The van der Waals surface area contributed by atoms with Gasteiger partial charge in [0.1, 0.15) is 0 Å². The Morgan fingerprint density at radius 3 is 3.00 bits per heavy atom. The molecule has 0 radical (unpaired) electrons. The third-order valence-electron chi connectivity index (χ3n) is 4.85.